The summed E-state index contributed by atoms with van der Waals surface area (Å²) in [7, 11) is 0. The van der Waals surface area contributed by atoms with E-state index >= 15 is 0 Å². The number of benzene rings is 2. The average molecular weight is 320 g/mol. The van der Waals surface area contributed by atoms with Crippen LogP contribution in [-0.2, 0) is 12.8 Å². The molecule has 1 aliphatic rings. The molecule has 2 atom stereocenters. The van der Waals surface area contributed by atoms with Gasteiger partial charge in [-0.2, -0.15) is 0 Å². The number of hydrogen-bond donors (Lipinski definition) is 1. The van der Waals surface area contributed by atoms with Crippen LogP contribution in [0.1, 0.15) is 22.6 Å². The third-order valence-electron chi connectivity index (χ3n) is 3.90. The maximum absolute atomic E-state index is 13.5. The van der Waals surface area contributed by atoms with Crippen molar-refractivity contribution in [3.05, 3.63) is 69.4 Å². The first-order valence-corrected chi connectivity index (χ1v) is 7.22. The standard InChI is InChI=1S/C16H15BrFN/c17-16-11(5-3-7-14(16)18)9-15(19)13-8-10-4-1-2-6-12(10)13/h1-7,13,15H,8-9,19H2. The van der Waals surface area contributed by atoms with Gasteiger partial charge in [-0.15, -0.1) is 0 Å². The van der Waals surface area contributed by atoms with E-state index < -0.39 is 0 Å². The van der Waals surface area contributed by atoms with Crippen LogP contribution < -0.4 is 5.73 Å². The third kappa shape index (κ3) is 2.33. The van der Waals surface area contributed by atoms with Crippen LogP contribution in [0.2, 0.25) is 0 Å². The molecule has 2 N–H and O–H groups in total. The number of nitrogens with two attached hydrogens (primary N) is 1. The molecule has 0 saturated carbocycles. The van der Waals surface area contributed by atoms with Crippen molar-refractivity contribution < 1.29 is 4.39 Å². The van der Waals surface area contributed by atoms with Gasteiger partial charge < -0.3 is 5.73 Å². The summed E-state index contributed by atoms with van der Waals surface area (Å²) in [5, 5.41) is 0. The second kappa shape index (κ2) is 5.06. The fourth-order valence-electron chi connectivity index (χ4n) is 2.78. The van der Waals surface area contributed by atoms with Gasteiger partial charge in [0.2, 0.25) is 0 Å². The van der Waals surface area contributed by atoms with E-state index in [4.69, 9.17) is 5.73 Å². The summed E-state index contributed by atoms with van der Waals surface area (Å²) < 4.78 is 14.0. The molecule has 2 aromatic rings. The molecule has 3 rings (SSSR count). The maximum Gasteiger partial charge on any atom is 0.137 e. The van der Waals surface area contributed by atoms with Gasteiger partial charge in [0.25, 0.3) is 0 Å². The van der Waals surface area contributed by atoms with Crippen LogP contribution in [0.25, 0.3) is 0 Å². The largest absolute Gasteiger partial charge is 0.327 e. The molecule has 98 valence electrons. The van der Waals surface area contributed by atoms with Crippen molar-refractivity contribution in [2.24, 2.45) is 5.73 Å². The molecule has 0 spiro atoms. The van der Waals surface area contributed by atoms with Crippen LogP contribution in [0.5, 0.6) is 0 Å². The quantitative estimate of drug-likeness (QED) is 0.915. The Kier molecular flexibility index (Phi) is 3.42. The van der Waals surface area contributed by atoms with Crippen molar-refractivity contribution in [2.75, 3.05) is 0 Å². The summed E-state index contributed by atoms with van der Waals surface area (Å²) in [5.74, 6) is 0.171. The van der Waals surface area contributed by atoms with Crippen molar-refractivity contribution in [3.8, 4) is 0 Å². The summed E-state index contributed by atoms with van der Waals surface area (Å²) in [6.07, 6.45) is 1.72. The zero-order chi connectivity index (χ0) is 13.4. The second-order valence-corrected chi connectivity index (χ2v) is 5.88. The molecule has 3 heteroatoms. The Morgan fingerprint density at radius 1 is 1.21 bits per heavy atom. The Morgan fingerprint density at radius 3 is 2.79 bits per heavy atom. The molecular weight excluding hydrogens is 305 g/mol. The molecule has 2 unspecified atom stereocenters. The van der Waals surface area contributed by atoms with Crippen molar-refractivity contribution in [2.45, 2.75) is 24.8 Å². The lowest BCUT2D eigenvalue weighted by Crippen LogP contribution is -2.37. The highest BCUT2D eigenvalue weighted by Gasteiger charge is 2.30. The molecule has 0 bridgehead atoms. The minimum atomic E-state index is -0.223. The molecule has 0 aliphatic heterocycles. The van der Waals surface area contributed by atoms with Crippen LogP contribution in [0.3, 0.4) is 0 Å². The molecule has 1 nitrogen and oxygen atoms in total. The lowest BCUT2D eigenvalue weighted by atomic mass is 9.72. The zero-order valence-electron chi connectivity index (χ0n) is 10.4. The first kappa shape index (κ1) is 12.8. The van der Waals surface area contributed by atoms with Gasteiger partial charge in [0.05, 0.1) is 4.47 Å². The summed E-state index contributed by atoms with van der Waals surface area (Å²) in [4.78, 5) is 0. The molecule has 2 aromatic carbocycles. The highest BCUT2D eigenvalue weighted by molar-refractivity contribution is 9.10. The van der Waals surface area contributed by atoms with Gasteiger partial charge in [0.15, 0.2) is 0 Å². The van der Waals surface area contributed by atoms with E-state index in [0.29, 0.717) is 16.8 Å². The van der Waals surface area contributed by atoms with Gasteiger partial charge in [-0.3, -0.25) is 0 Å². The first-order chi connectivity index (χ1) is 9.16. The lowest BCUT2D eigenvalue weighted by Gasteiger charge is -2.34. The molecule has 0 fully saturated rings. The van der Waals surface area contributed by atoms with Gasteiger partial charge >= 0.3 is 0 Å². The van der Waals surface area contributed by atoms with Crippen LogP contribution in [-0.4, -0.2) is 6.04 Å². The monoisotopic (exact) mass is 319 g/mol. The van der Waals surface area contributed by atoms with E-state index in [1.807, 2.05) is 6.07 Å². The number of hydrogen-bond acceptors (Lipinski definition) is 1. The molecule has 19 heavy (non-hydrogen) atoms. The van der Waals surface area contributed by atoms with Crippen molar-refractivity contribution in [3.63, 3.8) is 0 Å². The van der Waals surface area contributed by atoms with E-state index in [1.54, 1.807) is 6.07 Å². The van der Waals surface area contributed by atoms with E-state index in [2.05, 4.69) is 40.2 Å². The molecule has 0 aromatic heterocycles. The maximum atomic E-state index is 13.5. The molecule has 1 aliphatic carbocycles. The van der Waals surface area contributed by atoms with E-state index in [1.165, 1.54) is 17.2 Å². The summed E-state index contributed by atoms with van der Waals surface area (Å²) >= 11 is 3.30. The third-order valence-corrected chi connectivity index (χ3v) is 4.79. The van der Waals surface area contributed by atoms with Gasteiger partial charge in [-0.1, -0.05) is 36.4 Å². The SMILES string of the molecule is NC(Cc1cccc(F)c1Br)C1Cc2ccccc21. The van der Waals surface area contributed by atoms with Crippen LogP contribution >= 0.6 is 15.9 Å². The summed E-state index contributed by atoms with van der Waals surface area (Å²) in [6.45, 7) is 0. The summed E-state index contributed by atoms with van der Waals surface area (Å²) in [5.41, 5.74) is 9.98. The smallest absolute Gasteiger partial charge is 0.137 e. The topological polar surface area (TPSA) is 26.0 Å². The van der Waals surface area contributed by atoms with Gasteiger partial charge in [0.1, 0.15) is 5.82 Å². The van der Waals surface area contributed by atoms with Gasteiger partial charge in [0, 0.05) is 12.0 Å². The molecule has 0 amide bonds. The van der Waals surface area contributed by atoms with E-state index in [9.17, 15) is 4.39 Å². The van der Waals surface area contributed by atoms with Crippen LogP contribution in [0.4, 0.5) is 4.39 Å². The average Bonchev–Trinajstić information content (AvgIpc) is 2.36. The van der Waals surface area contributed by atoms with Crippen LogP contribution in [0.15, 0.2) is 46.9 Å². The van der Waals surface area contributed by atoms with Gasteiger partial charge in [-0.05, 0) is 51.5 Å². The number of fused-ring (bicyclic) bond motifs is 1. The van der Waals surface area contributed by atoms with Crippen molar-refractivity contribution >= 4 is 15.9 Å². The molecule has 0 saturated heterocycles. The first-order valence-electron chi connectivity index (χ1n) is 6.43. The summed E-state index contributed by atoms with van der Waals surface area (Å²) in [6, 6.07) is 13.6. The molecule has 0 radical (unpaired) electrons. The Hall–Kier alpha value is -1.19. The predicted molar refractivity (Wildman–Crippen MR) is 78.7 cm³/mol. The lowest BCUT2D eigenvalue weighted by molar-refractivity contribution is 0.479. The zero-order valence-corrected chi connectivity index (χ0v) is 12.0. The highest BCUT2D eigenvalue weighted by atomic mass is 79.9. The Balaban J connectivity index is 1.77. The number of rotatable bonds is 3. The Labute approximate surface area is 120 Å². The fourth-order valence-corrected chi connectivity index (χ4v) is 3.21. The predicted octanol–water partition coefficient (Wildman–Crippen LogP) is 3.80. The van der Waals surface area contributed by atoms with E-state index in [0.717, 1.165) is 12.0 Å². The van der Waals surface area contributed by atoms with Crippen molar-refractivity contribution in [1.29, 1.82) is 0 Å². The van der Waals surface area contributed by atoms with Crippen molar-refractivity contribution in [1.82, 2.24) is 0 Å². The molecule has 0 heterocycles. The fraction of sp³-hybridized carbons (Fsp3) is 0.250. The normalized spacial score (nSPS) is 18.6. The highest BCUT2D eigenvalue weighted by Crippen LogP contribution is 2.38. The molecular formula is C16H15BrFN. The minimum Gasteiger partial charge on any atom is -0.327 e. The van der Waals surface area contributed by atoms with Gasteiger partial charge in [-0.25, -0.2) is 4.39 Å². The van der Waals surface area contributed by atoms with E-state index in [-0.39, 0.29) is 11.9 Å². The number of halogens is 2. The van der Waals surface area contributed by atoms with Crippen LogP contribution in [0, 0.1) is 5.82 Å². The second-order valence-electron chi connectivity index (χ2n) is 5.09. The Bertz CT molecular complexity index is 611. The minimum absolute atomic E-state index is 0.0352. The Morgan fingerprint density at radius 2 is 2.00 bits per heavy atom.